The molecule has 2 fully saturated rings. The van der Waals surface area contributed by atoms with Crippen molar-refractivity contribution in [2.45, 2.75) is 83.7 Å². The van der Waals surface area contributed by atoms with Crippen LogP contribution in [0.15, 0.2) is 0 Å². The van der Waals surface area contributed by atoms with Gasteiger partial charge in [0, 0.05) is 36.9 Å². The average Bonchev–Trinajstić information content (AvgIpc) is 2.86. The Morgan fingerprint density at radius 2 is 1.65 bits per heavy atom. The molecule has 3 aliphatic rings. The Labute approximate surface area is 157 Å². The predicted molar refractivity (Wildman–Crippen MR) is 104 cm³/mol. The van der Waals surface area contributed by atoms with Gasteiger partial charge in [0.2, 0.25) is 0 Å². The normalized spacial score (nSPS) is 25.0. The van der Waals surface area contributed by atoms with Crippen LogP contribution in [-0.2, 0) is 19.4 Å². The van der Waals surface area contributed by atoms with Gasteiger partial charge in [0.1, 0.15) is 0 Å². The third-order valence-corrected chi connectivity index (χ3v) is 6.62. The van der Waals surface area contributed by atoms with Crippen molar-refractivity contribution >= 4 is 5.91 Å². The van der Waals surface area contributed by atoms with E-state index in [4.69, 9.17) is 5.10 Å². The smallest absolute Gasteiger partial charge is 0.274 e. The molecular formula is C21H34N4O. The van der Waals surface area contributed by atoms with Crippen LogP contribution >= 0.6 is 0 Å². The number of likely N-dealkylation sites (tertiary alicyclic amines) is 2. The van der Waals surface area contributed by atoms with Crippen molar-refractivity contribution in [3.8, 4) is 0 Å². The summed E-state index contributed by atoms with van der Waals surface area (Å²) in [4.78, 5) is 18.0. The summed E-state index contributed by atoms with van der Waals surface area (Å²) in [7, 11) is 0. The number of hydrogen-bond donors (Lipinski definition) is 0. The van der Waals surface area contributed by atoms with E-state index in [1.54, 1.807) is 0 Å². The number of carbonyl (C=O) groups is 1. The number of hydrogen-bond acceptors (Lipinski definition) is 3. The van der Waals surface area contributed by atoms with Crippen LogP contribution in [0, 0.1) is 0 Å². The van der Waals surface area contributed by atoms with Gasteiger partial charge in [-0.2, -0.15) is 5.10 Å². The molecule has 1 aromatic rings. The molecule has 1 atom stereocenters. The molecule has 1 unspecified atom stereocenters. The number of aromatic nitrogens is 2. The molecule has 2 aliphatic heterocycles. The molecule has 5 nitrogen and oxygen atoms in total. The first-order valence-electron chi connectivity index (χ1n) is 10.9. The monoisotopic (exact) mass is 358 g/mol. The first-order valence-corrected chi connectivity index (χ1v) is 10.9. The highest BCUT2D eigenvalue weighted by Crippen LogP contribution is 2.30. The topological polar surface area (TPSA) is 41.4 Å². The van der Waals surface area contributed by atoms with Crippen LogP contribution in [0.5, 0.6) is 0 Å². The molecule has 0 bridgehead atoms. The molecule has 0 N–H and O–H groups in total. The standard InChI is InChI=1S/C21H34N4O/c1-2-25-19-11-10-17(23-12-8-5-9-13-23)16-18(19)20(22-25)21(26)24-14-6-3-4-7-15-24/h17H,2-16H2,1H3. The van der Waals surface area contributed by atoms with E-state index in [0.29, 0.717) is 6.04 Å². The molecule has 4 rings (SSSR count). The summed E-state index contributed by atoms with van der Waals surface area (Å²) in [6.07, 6.45) is 12.1. The zero-order valence-corrected chi connectivity index (χ0v) is 16.4. The first-order chi connectivity index (χ1) is 12.8. The minimum Gasteiger partial charge on any atom is -0.337 e. The maximum absolute atomic E-state index is 13.3. The average molecular weight is 359 g/mol. The summed E-state index contributed by atoms with van der Waals surface area (Å²) in [6.45, 7) is 7.28. The lowest BCUT2D eigenvalue weighted by molar-refractivity contribution is 0.0752. The van der Waals surface area contributed by atoms with Crippen LogP contribution in [0.2, 0.25) is 0 Å². The van der Waals surface area contributed by atoms with Gasteiger partial charge in [0.15, 0.2) is 5.69 Å². The number of nitrogens with zero attached hydrogens (tertiary/aromatic N) is 4. The van der Waals surface area contributed by atoms with Crippen molar-refractivity contribution in [3.05, 3.63) is 17.0 Å². The van der Waals surface area contributed by atoms with E-state index in [9.17, 15) is 4.79 Å². The lowest BCUT2D eigenvalue weighted by Crippen LogP contribution is -2.43. The Hall–Kier alpha value is -1.36. The summed E-state index contributed by atoms with van der Waals surface area (Å²) in [6, 6.07) is 0.605. The van der Waals surface area contributed by atoms with Crippen molar-refractivity contribution in [2.24, 2.45) is 0 Å². The van der Waals surface area contributed by atoms with Gasteiger partial charge in [-0.15, -0.1) is 0 Å². The molecule has 0 spiro atoms. The molecule has 3 heterocycles. The zero-order chi connectivity index (χ0) is 17.9. The Balaban J connectivity index is 1.58. The molecule has 1 amide bonds. The number of carbonyl (C=O) groups excluding carboxylic acids is 1. The van der Waals surface area contributed by atoms with Gasteiger partial charge >= 0.3 is 0 Å². The highest BCUT2D eigenvalue weighted by molar-refractivity contribution is 5.94. The van der Waals surface area contributed by atoms with Crippen molar-refractivity contribution in [1.29, 1.82) is 0 Å². The Bertz CT molecular complexity index is 624. The molecule has 0 aromatic carbocycles. The maximum atomic E-state index is 13.3. The summed E-state index contributed by atoms with van der Waals surface area (Å²) in [5, 5.41) is 4.80. The minimum absolute atomic E-state index is 0.189. The van der Waals surface area contributed by atoms with E-state index in [0.717, 1.165) is 51.0 Å². The molecule has 1 aromatic heterocycles. The molecule has 1 aliphatic carbocycles. The zero-order valence-electron chi connectivity index (χ0n) is 16.4. The van der Waals surface area contributed by atoms with Crippen LogP contribution < -0.4 is 0 Å². The number of amides is 1. The van der Waals surface area contributed by atoms with Gasteiger partial charge in [0.25, 0.3) is 5.91 Å². The van der Waals surface area contributed by atoms with Gasteiger partial charge in [-0.3, -0.25) is 9.48 Å². The van der Waals surface area contributed by atoms with Crippen LogP contribution in [-0.4, -0.2) is 57.7 Å². The summed E-state index contributed by atoms with van der Waals surface area (Å²) < 4.78 is 2.10. The largest absolute Gasteiger partial charge is 0.337 e. The summed E-state index contributed by atoms with van der Waals surface area (Å²) in [5.41, 5.74) is 3.37. The lowest BCUT2D eigenvalue weighted by Gasteiger charge is -2.37. The first kappa shape index (κ1) is 18.0. The predicted octanol–water partition coefficient (Wildman–Crippen LogP) is 3.26. The van der Waals surface area contributed by atoms with Gasteiger partial charge in [-0.1, -0.05) is 19.3 Å². The molecular weight excluding hydrogens is 324 g/mol. The second-order valence-electron chi connectivity index (χ2n) is 8.29. The number of fused-ring (bicyclic) bond motifs is 1. The second kappa shape index (κ2) is 8.12. The van der Waals surface area contributed by atoms with Crippen molar-refractivity contribution in [1.82, 2.24) is 19.6 Å². The third kappa shape index (κ3) is 3.55. The Morgan fingerprint density at radius 3 is 2.35 bits per heavy atom. The van der Waals surface area contributed by atoms with E-state index < -0.39 is 0 Å². The summed E-state index contributed by atoms with van der Waals surface area (Å²) >= 11 is 0. The molecule has 5 heteroatoms. The molecule has 26 heavy (non-hydrogen) atoms. The SMILES string of the molecule is CCn1nc(C(=O)N2CCCCCC2)c2c1CCC(N1CCCCC1)C2. The lowest BCUT2D eigenvalue weighted by atomic mass is 9.89. The third-order valence-electron chi connectivity index (χ3n) is 6.62. The van der Waals surface area contributed by atoms with E-state index in [1.807, 2.05) is 0 Å². The van der Waals surface area contributed by atoms with Crippen LogP contribution in [0.3, 0.4) is 0 Å². The number of piperidine rings is 1. The Morgan fingerprint density at radius 1 is 1.00 bits per heavy atom. The quantitative estimate of drug-likeness (QED) is 0.833. The van der Waals surface area contributed by atoms with Crippen molar-refractivity contribution in [3.63, 3.8) is 0 Å². The fraction of sp³-hybridized carbons (Fsp3) is 0.810. The van der Waals surface area contributed by atoms with Crippen molar-refractivity contribution < 1.29 is 4.79 Å². The second-order valence-corrected chi connectivity index (χ2v) is 8.29. The van der Waals surface area contributed by atoms with Crippen LogP contribution in [0.4, 0.5) is 0 Å². The van der Waals surface area contributed by atoms with E-state index in [2.05, 4.69) is 21.4 Å². The molecule has 2 saturated heterocycles. The van der Waals surface area contributed by atoms with Crippen LogP contribution in [0.1, 0.15) is 80.0 Å². The Kier molecular flexibility index (Phi) is 5.63. The molecule has 144 valence electrons. The molecule has 0 radical (unpaired) electrons. The fourth-order valence-electron chi connectivity index (χ4n) is 5.12. The van der Waals surface area contributed by atoms with E-state index in [1.165, 1.54) is 62.9 Å². The number of aryl methyl sites for hydroxylation is 1. The van der Waals surface area contributed by atoms with Gasteiger partial charge < -0.3 is 9.80 Å². The minimum atomic E-state index is 0.189. The molecule has 0 saturated carbocycles. The van der Waals surface area contributed by atoms with Gasteiger partial charge in [-0.05, 0) is 65.0 Å². The van der Waals surface area contributed by atoms with Crippen LogP contribution in [0.25, 0.3) is 0 Å². The van der Waals surface area contributed by atoms with Gasteiger partial charge in [-0.25, -0.2) is 0 Å². The number of rotatable bonds is 3. The van der Waals surface area contributed by atoms with E-state index >= 15 is 0 Å². The maximum Gasteiger partial charge on any atom is 0.274 e. The highest BCUT2D eigenvalue weighted by atomic mass is 16.2. The van der Waals surface area contributed by atoms with Crippen molar-refractivity contribution in [2.75, 3.05) is 26.2 Å². The highest BCUT2D eigenvalue weighted by Gasteiger charge is 2.33. The fourth-order valence-corrected chi connectivity index (χ4v) is 5.12. The van der Waals surface area contributed by atoms with E-state index in [-0.39, 0.29) is 5.91 Å². The summed E-state index contributed by atoms with van der Waals surface area (Å²) in [5.74, 6) is 0.189. The van der Waals surface area contributed by atoms with Gasteiger partial charge in [0.05, 0.1) is 0 Å².